The van der Waals surface area contributed by atoms with Gasteiger partial charge in [0.15, 0.2) is 11.3 Å². The fourth-order valence-electron chi connectivity index (χ4n) is 3.04. The van der Waals surface area contributed by atoms with Crippen molar-refractivity contribution in [3.05, 3.63) is 30.1 Å². The third-order valence-electron chi connectivity index (χ3n) is 4.47. The Labute approximate surface area is 148 Å². The number of fused-ring (bicyclic) bond motifs is 1. The van der Waals surface area contributed by atoms with Crippen LogP contribution in [0.2, 0.25) is 0 Å². The van der Waals surface area contributed by atoms with Crippen LogP contribution in [0.25, 0.3) is 21.3 Å². The lowest BCUT2D eigenvalue weighted by atomic mass is 10.1. The second-order valence-corrected chi connectivity index (χ2v) is 7.16. The van der Waals surface area contributed by atoms with Crippen molar-refractivity contribution in [2.45, 2.75) is 13.3 Å². The van der Waals surface area contributed by atoms with E-state index in [1.807, 2.05) is 25.1 Å². The van der Waals surface area contributed by atoms with E-state index in [2.05, 4.69) is 26.7 Å². The van der Waals surface area contributed by atoms with Crippen molar-refractivity contribution in [1.82, 2.24) is 20.1 Å². The number of anilines is 1. The predicted molar refractivity (Wildman–Crippen MR) is 95.9 cm³/mol. The molecule has 1 fully saturated rings. The topological polar surface area (TPSA) is 97.7 Å². The molecule has 3 aromatic rings. The number of nitrogens with zero attached hydrogens (tertiary/aromatic N) is 4. The molecule has 25 heavy (non-hydrogen) atoms. The van der Waals surface area contributed by atoms with Crippen LogP contribution in [0.3, 0.4) is 0 Å². The third kappa shape index (κ3) is 2.94. The van der Waals surface area contributed by atoms with Crippen molar-refractivity contribution in [3.63, 3.8) is 0 Å². The van der Waals surface area contributed by atoms with Crippen LogP contribution in [-0.4, -0.2) is 39.1 Å². The van der Waals surface area contributed by atoms with Gasteiger partial charge in [0.1, 0.15) is 0 Å². The normalized spacial score (nSPS) is 17.0. The first-order chi connectivity index (χ1) is 12.1. The molecule has 2 aromatic heterocycles. The van der Waals surface area contributed by atoms with Gasteiger partial charge in [-0.05, 0) is 25.0 Å². The summed E-state index contributed by atoms with van der Waals surface area (Å²) in [4.78, 5) is 19.2. The number of nitriles is 1. The third-order valence-corrected chi connectivity index (χ3v) is 5.43. The molecule has 1 aliphatic heterocycles. The van der Waals surface area contributed by atoms with Gasteiger partial charge in [-0.15, -0.1) is 0 Å². The van der Waals surface area contributed by atoms with Crippen molar-refractivity contribution in [1.29, 1.82) is 5.26 Å². The van der Waals surface area contributed by atoms with E-state index in [0.717, 1.165) is 27.0 Å². The molecule has 0 aliphatic carbocycles. The van der Waals surface area contributed by atoms with Gasteiger partial charge >= 0.3 is 0 Å². The highest BCUT2D eigenvalue weighted by Gasteiger charge is 2.28. The zero-order valence-electron chi connectivity index (χ0n) is 13.6. The number of aromatic nitrogens is 3. The average Bonchev–Trinajstić information content (AvgIpc) is 3.34. The Morgan fingerprint density at radius 1 is 1.52 bits per heavy atom. The molecule has 1 atom stereocenters. The van der Waals surface area contributed by atoms with Crippen LogP contribution in [0.5, 0.6) is 0 Å². The average molecular weight is 352 g/mol. The number of carbonyl (C=O) groups is 1. The number of benzene rings is 1. The van der Waals surface area contributed by atoms with Crippen molar-refractivity contribution >= 4 is 33.3 Å². The molecular weight excluding hydrogens is 336 g/mol. The minimum Gasteiger partial charge on any atom is -0.310 e. The summed E-state index contributed by atoms with van der Waals surface area (Å²) in [5, 5.41) is 20.7. The molecule has 4 rings (SSSR count). The minimum atomic E-state index is -0.157. The second-order valence-electron chi connectivity index (χ2n) is 6.13. The molecule has 126 valence electrons. The maximum absolute atomic E-state index is 12.3. The quantitative estimate of drug-likeness (QED) is 0.706. The summed E-state index contributed by atoms with van der Waals surface area (Å²) >= 11 is 1.44. The Morgan fingerprint density at radius 2 is 2.40 bits per heavy atom. The standard InChI is InChI=1S/C17H16N6OS/c1-10-13-3-2-11(6-14(13)22-21-10)15-7-19-17(25-15)20-16(24)12-4-5-23(8-12)9-18/h2-3,6-7,12H,4-5,8H2,1H3,(H,21,22)(H,19,20,24)/t12-/m0/s1. The fraction of sp³-hybridized carbons (Fsp3) is 0.294. The molecule has 1 aliphatic rings. The van der Waals surface area contributed by atoms with Crippen LogP contribution >= 0.6 is 11.3 Å². The maximum atomic E-state index is 12.3. The summed E-state index contributed by atoms with van der Waals surface area (Å²) < 4.78 is 0. The zero-order chi connectivity index (χ0) is 17.4. The summed E-state index contributed by atoms with van der Waals surface area (Å²) in [7, 11) is 0. The lowest BCUT2D eigenvalue weighted by Gasteiger charge is -2.08. The van der Waals surface area contributed by atoms with Gasteiger partial charge in [0.25, 0.3) is 0 Å². The number of aryl methyl sites for hydroxylation is 1. The van der Waals surface area contributed by atoms with E-state index >= 15 is 0 Å². The molecule has 0 unspecified atom stereocenters. The van der Waals surface area contributed by atoms with E-state index in [1.165, 1.54) is 11.3 Å². The Bertz CT molecular complexity index is 985. The summed E-state index contributed by atoms with van der Waals surface area (Å²) in [6, 6.07) is 6.09. The van der Waals surface area contributed by atoms with Gasteiger partial charge in [-0.1, -0.05) is 23.5 Å². The van der Waals surface area contributed by atoms with E-state index in [-0.39, 0.29) is 11.8 Å². The van der Waals surface area contributed by atoms with E-state index < -0.39 is 0 Å². The van der Waals surface area contributed by atoms with Crippen LogP contribution in [0.4, 0.5) is 5.13 Å². The minimum absolute atomic E-state index is 0.0722. The van der Waals surface area contributed by atoms with Crippen LogP contribution < -0.4 is 5.32 Å². The lowest BCUT2D eigenvalue weighted by molar-refractivity contribution is -0.119. The first-order valence-electron chi connectivity index (χ1n) is 8.00. The molecular formula is C17H16N6OS. The zero-order valence-corrected chi connectivity index (χ0v) is 14.4. The van der Waals surface area contributed by atoms with Crippen molar-refractivity contribution in [2.75, 3.05) is 18.4 Å². The molecule has 7 nitrogen and oxygen atoms in total. The van der Waals surface area contributed by atoms with Gasteiger partial charge < -0.3 is 10.2 Å². The number of aromatic amines is 1. The van der Waals surface area contributed by atoms with Gasteiger partial charge in [-0.25, -0.2) is 4.98 Å². The molecule has 8 heteroatoms. The highest BCUT2D eigenvalue weighted by atomic mass is 32.1. The molecule has 0 spiro atoms. The van der Waals surface area contributed by atoms with E-state index in [1.54, 1.807) is 11.1 Å². The molecule has 1 aromatic carbocycles. The van der Waals surface area contributed by atoms with Gasteiger partial charge in [0.05, 0.1) is 16.3 Å². The Hall–Kier alpha value is -2.92. The van der Waals surface area contributed by atoms with Crippen LogP contribution in [-0.2, 0) is 4.79 Å². The number of carbonyl (C=O) groups excluding carboxylic acids is 1. The number of hydrogen-bond donors (Lipinski definition) is 2. The Balaban J connectivity index is 1.49. The highest BCUT2D eigenvalue weighted by molar-refractivity contribution is 7.19. The Kier molecular flexibility index (Phi) is 3.86. The number of hydrogen-bond acceptors (Lipinski definition) is 6. The van der Waals surface area contributed by atoms with Gasteiger partial charge in [-0.2, -0.15) is 10.4 Å². The van der Waals surface area contributed by atoms with Crippen molar-refractivity contribution in [3.8, 4) is 16.6 Å². The first kappa shape index (κ1) is 15.6. The summed E-state index contributed by atoms with van der Waals surface area (Å²) in [6.07, 6.45) is 4.55. The molecule has 2 N–H and O–H groups in total. The van der Waals surface area contributed by atoms with E-state index in [0.29, 0.717) is 24.6 Å². The molecule has 3 heterocycles. The van der Waals surface area contributed by atoms with Crippen LogP contribution in [0, 0.1) is 24.3 Å². The molecule has 0 radical (unpaired) electrons. The number of H-pyrrole nitrogens is 1. The second kappa shape index (κ2) is 6.18. The van der Waals surface area contributed by atoms with Gasteiger partial charge in [0, 0.05) is 30.4 Å². The number of nitrogens with one attached hydrogen (secondary N) is 2. The summed E-state index contributed by atoms with van der Waals surface area (Å²) in [6.45, 7) is 3.11. The SMILES string of the molecule is Cc1[nH]nc2cc(-c3cnc(NC(=O)[C@H]4CCN(C#N)C4)s3)ccc12. The highest BCUT2D eigenvalue weighted by Crippen LogP contribution is 2.31. The number of thiazole rings is 1. The number of likely N-dealkylation sites (tertiary alicyclic amines) is 1. The summed E-state index contributed by atoms with van der Waals surface area (Å²) in [5.74, 6) is -0.229. The fourth-order valence-corrected chi connectivity index (χ4v) is 3.85. The molecule has 1 saturated heterocycles. The van der Waals surface area contributed by atoms with Gasteiger partial charge in [0.2, 0.25) is 5.91 Å². The predicted octanol–water partition coefficient (Wildman–Crippen LogP) is 2.74. The summed E-state index contributed by atoms with van der Waals surface area (Å²) in [5.41, 5.74) is 2.98. The smallest absolute Gasteiger partial charge is 0.231 e. The first-order valence-corrected chi connectivity index (χ1v) is 8.82. The van der Waals surface area contributed by atoms with E-state index in [4.69, 9.17) is 5.26 Å². The maximum Gasteiger partial charge on any atom is 0.231 e. The van der Waals surface area contributed by atoms with Crippen LogP contribution in [0.1, 0.15) is 12.1 Å². The van der Waals surface area contributed by atoms with Crippen molar-refractivity contribution in [2.24, 2.45) is 5.92 Å². The number of rotatable bonds is 3. The number of amides is 1. The van der Waals surface area contributed by atoms with E-state index in [9.17, 15) is 4.79 Å². The molecule has 0 bridgehead atoms. The monoisotopic (exact) mass is 352 g/mol. The lowest BCUT2D eigenvalue weighted by Crippen LogP contribution is -2.25. The van der Waals surface area contributed by atoms with Crippen molar-refractivity contribution < 1.29 is 4.79 Å². The van der Waals surface area contributed by atoms with Gasteiger partial charge in [-0.3, -0.25) is 9.89 Å². The molecule has 1 amide bonds. The largest absolute Gasteiger partial charge is 0.310 e. The van der Waals surface area contributed by atoms with Crippen LogP contribution in [0.15, 0.2) is 24.4 Å². The molecule has 0 saturated carbocycles. The Morgan fingerprint density at radius 3 is 3.20 bits per heavy atom.